The lowest BCUT2D eigenvalue weighted by atomic mass is 10.0. The number of halogens is 1. The normalized spacial score (nSPS) is 19.2. The Bertz CT molecular complexity index is 616. The first-order valence-electron chi connectivity index (χ1n) is 7.95. The highest BCUT2D eigenvalue weighted by Crippen LogP contribution is 2.22. The highest BCUT2D eigenvalue weighted by atomic mass is 32.2. The summed E-state index contributed by atoms with van der Waals surface area (Å²) in [5, 5.41) is 10.2. The molecule has 1 heterocycles. The fraction of sp³-hybridized carbons (Fsp3) is 0.625. The van der Waals surface area contributed by atoms with Crippen LogP contribution in [0.2, 0.25) is 0 Å². The van der Waals surface area contributed by atoms with Gasteiger partial charge in [0.15, 0.2) is 0 Å². The number of aliphatic hydroxyl groups is 1. The molecule has 23 heavy (non-hydrogen) atoms. The summed E-state index contributed by atoms with van der Waals surface area (Å²) in [6.45, 7) is 3.39. The van der Waals surface area contributed by atoms with Gasteiger partial charge in [-0.25, -0.2) is 17.1 Å². The molecule has 1 fully saturated rings. The highest BCUT2D eigenvalue weighted by molar-refractivity contribution is 7.89. The van der Waals surface area contributed by atoms with E-state index in [0.717, 1.165) is 12.8 Å². The Morgan fingerprint density at radius 1 is 1.35 bits per heavy atom. The third-order valence-corrected chi connectivity index (χ3v) is 6.48. The van der Waals surface area contributed by atoms with Crippen LogP contribution in [0.25, 0.3) is 0 Å². The minimum absolute atomic E-state index is 0.00167. The van der Waals surface area contributed by atoms with E-state index in [1.807, 2.05) is 0 Å². The molecule has 1 aromatic rings. The Kier molecular flexibility index (Phi) is 6.13. The van der Waals surface area contributed by atoms with Crippen molar-refractivity contribution in [2.24, 2.45) is 0 Å². The zero-order valence-electron chi connectivity index (χ0n) is 13.7. The molecule has 1 aromatic carbocycles. The van der Waals surface area contributed by atoms with Gasteiger partial charge >= 0.3 is 0 Å². The van der Waals surface area contributed by atoms with Crippen molar-refractivity contribution in [1.29, 1.82) is 0 Å². The maximum Gasteiger partial charge on any atom is 0.213 e. The second-order valence-corrected chi connectivity index (χ2v) is 8.30. The molecule has 1 saturated heterocycles. The summed E-state index contributed by atoms with van der Waals surface area (Å²) < 4.78 is 39.0. The van der Waals surface area contributed by atoms with Gasteiger partial charge in [-0.3, -0.25) is 0 Å². The summed E-state index contributed by atoms with van der Waals surface area (Å²) >= 11 is 0. The molecule has 0 bridgehead atoms. The van der Waals surface area contributed by atoms with Gasteiger partial charge in [0.2, 0.25) is 10.0 Å². The monoisotopic (exact) mass is 344 g/mol. The maximum atomic E-state index is 13.7. The van der Waals surface area contributed by atoms with Gasteiger partial charge in [0, 0.05) is 25.2 Å². The van der Waals surface area contributed by atoms with E-state index in [-0.39, 0.29) is 11.8 Å². The number of sulfonamides is 1. The van der Waals surface area contributed by atoms with Crippen molar-refractivity contribution in [2.75, 3.05) is 32.4 Å². The smallest absolute Gasteiger partial charge is 0.213 e. The van der Waals surface area contributed by atoms with Crippen LogP contribution in [0.15, 0.2) is 24.3 Å². The first-order valence-corrected chi connectivity index (χ1v) is 9.56. The van der Waals surface area contributed by atoms with Gasteiger partial charge < -0.3 is 10.0 Å². The zero-order chi connectivity index (χ0) is 17.0. The summed E-state index contributed by atoms with van der Waals surface area (Å²) in [5.41, 5.74) is 0.306. The van der Waals surface area contributed by atoms with E-state index in [1.165, 1.54) is 10.4 Å². The van der Waals surface area contributed by atoms with Crippen molar-refractivity contribution < 1.29 is 17.9 Å². The molecule has 5 nitrogen and oxygen atoms in total. The fourth-order valence-corrected chi connectivity index (χ4v) is 4.06. The van der Waals surface area contributed by atoms with Crippen molar-refractivity contribution in [3.05, 3.63) is 35.6 Å². The summed E-state index contributed by atoms with van der Waals surface area (Å²) in [6.07, 6.45) is 0.573. The van der Waals surface area contributed by atoms with Crippen molar-refractivity contribution >= 4 is 10.0 Å². The largest absolute Gasteiger partial charge is 0.387 e. The first kappa shape index (κ1) is 18.3. The van der Waals surface area contributed by atoms with Crippen LogP contribution in [-0.2, 0) is 10.0 Å². The van der Waals surface area contributed by atoms with Crippen LogP contribution in [0, 0.1) is 5.82 Å². The van der Waals surface area contributed by atoms with Crippen LogP contribution < -0.4 is 0 Å². The topological polar surface area (TPSA) is 60.9 Å². The van der Waals surface area contributed by atoms with Crippen LogP contribution in [-0.4, -0.2) is 61.2 Å². The molecule has 0 radical (unpaired) electrons. The lowest BCUT2D eigenvalue weighted by Crippen LogP contribution is -2.46. The second-order valence-electron chi connectivity index (χ2n) is 5.99. The number of β-amino-alcohol motifs (C(OH)–C–C–N with tert-alkyl or cyclic N) is 1. The van der Waals surface area contributed by atoms with Gasteiger partial charge in [-0.15, -0.1) is 0 Å². The molecule has 0 spiro atoms. The Hall–Kier alpha value is -1.02. The third kappa shape index (κ3) is 4.50. The maximum absolute atomic E-state index is 13.7. The summed E-state index contributed by atoms with van der Waals surface area (Å²) in [6, 6.07) is 6.24. The molecule has 1 atom stereocenters. The number of hydrogen-bond acceptors (Lipinski definition) is 4. The van der Waals surface area contributed by atoms with Gasteiger partial charge in [-0.05, 0) is 38.9 Å². The minimum Gasteiger partial charge on any atom is -0.387 e. The number of benzene rings is 1. The molecule has 1 N–H and O–H groups in total. The van der Waals surface area contributed by atoms with Crippen molar-refractivity contribution in [2.45, 2.75) is 31.9 Å². The number of aliphatic hydroxyl groups excluding tert-OH is 1. The van der Waals surface area contributed by atoms with Crippen LogP contribution in [0.5, 0.6) is 0 Å². The Labute approximate surface area is 137 Å². The molecular weight excluding hydrogens is 319 g/mol. The van der Waals surface area contributed by atoms with Crippen LogP contribution in [0.4, 0.5) is 4.39 Å². The average Bonchev–Trinajstić information content (AvgIpc) is 2.55. The second kappa shape index (κ2) is 7.70. The Morgan fingerprint density at radius 2 is 1.96 bits per heavy atom. The summed E-state index contributed by atoms with van der Waals surface area (Å²) in [5.74, 6) is -0.293. The fourth-order valence-electron chi connectivity index (χ4n) is 2.98. The SMILES string of the molecule is CCS(=O)(=O)N(C)C1CCN(CC(O)c2ccccc2F)CC1. The Morgan fingerprint density at radius 3 is 2.52 bits per heavy atom. The van der Waals surface area contributed by atoms with Crippen LogP contribution in [0.3, 0.4) is 0 Å². The van der Waals surface area contributed by atoms with Crippen LogP contribution >= 0.6 is 0 Å². The van der Waals surface area contributed by atoms with E-state index in [1.54, 1.807) is 32.2 Å². The molecule has 130 valence electrons. The number of likely N-dealkylation sites (tertiary alicyclic amines) is 1. The average molecular weight is 344 g/mol. The van der Waals surface area contributed by atoms with Crippen molar-refractivity contribution in [3.8, 4) is 0 Å². The lowest BCUT2D eigenvalue weighted by Gasteiger charge is -2.36. The molecule has 0 saturated carbocycles. The number of nitrogens with zero attached hydrogens (tertiary/aromatic N) is 2. The molecule has 1 aliphatic rings. The zero-order valence-corrected chi connectivity index (χ0v) is 14.5. The molecule has 1 aliphatic heterocycles. The minimum atomic E-state index is -3.17. The van der Waals surface area contributed by atoms with E-state index in [2.05, 4.69) is 4.90 Å². The van der Waals surface area contributed by atoms with E-state index >= 15 is 0 Å². The molecule has 0 aliphatic carbocycles. The summed E-state index contributed by atoms with van der Waals surface area (Å²) in [4.78, 5) is 2.06. The van der Waals surface area contributed by atoms with Gasteiger partial charge in [0.1, 0.15) is 5.82 Å². The molecule has 1 unspecified atom stereocenters. The highest BCUT2D eigenvalue weighted by Gasteiger charge is 2.29. The Balaban J connectivity index is 1.89. The van der Waals surface area contributed by atoms with Gasteiger partial charge in [0.25, 0.3) is 0 Å². The standard InChI is InChI=1S/C16H25FN2O3S/c1-3-23(21,22)18(2)13-8-10-19(11-9-13)12-16(20)14-6-4-5-7-15(14)17/h4-7,13,16,20H,3,8-12H2,1-2H3. The van der Waals surface area contributed by atoms with E-state index in [9.17, 15) is 17.9 Å². The van der Waals surface area contributed by atoms with E-state index in [0.29, 0.717) is 25.2 Å². The van der Waals surface area contributed by atoms with Gasteiger partial charge in [-0.1, -0.05) is 18.2 Å². The lowest BCUT2D eigenvalue weighted by molar-refractivity contribution is 0.0850. The molecule has 0 aromatic heterocycles. The van der Waals surface area contributed by atoms with Crippen LogP contribution in [0.1, 0.15) is 31.4 Å². The molecule has 7 heteroatoms. The number of rotatable bonds is 6. The quantitative estimate of drug-likeness (QED) is 0.852. The number of hydrogen-bond donors (Lipinski definition) is 1. The number of piperidine rings is 1. The van der Waals surface area contributed by atoms with E-state index < -0.39 is 21.9 Å². The predicted octanol–water partition coefficient (Wildman–Crippen LogP) is 1.60. The molecule has 0 amide bonds. The molecule has 2 rings (SSSR count). The first-order chi connectivity index (χ1) is 10.8. The van der Waals surface area contributed by atoms with E-state index in [4.69, 9.17) is 0 Å². The van der Waals surface area contributed by atoms with Crippen molar-refractivity contribution in [3.63, 3.8) is 0 Å². The third-order valence-electron chi connectivity index (χ3n) is 4.57. The van der Waals surface area contributed by atoms with Crippen molar-refractivity contribution in [1.82, 2.24) is 9.21 Å². The predicted molar refractivity (Wildman–Crippen MR) is 88.0 cm³/mol. The summed E-state index contributed by atoms with van der Waals surface area (Å²) in [7, 11) is -1.54. The molecular formula is C16H25FN2O3S. The van der Waals surface area contributed by atoms with Gasteiger partial charge in [-0.2, -0.15) is 0 Å². The van der Waals surface area contributed by atoms with Gasteiger partial charge in [0.05, 0.1) is 11.9 Å².